The molecule has 0 aliphatic carbocycles. The van der Waals surface area contributed by atoms with Gasteiger partial charge in [0.2, 0.25) is 17.8 Å². The number of nitrogens with zero attached hydrogens (tertiary/aromatic N) is 5. The predicted octanol–water partition coefficient (Wildman–Crippen LogP) is 4.96. The molecule has 0 radical (unpaired) electrons. The Labute approximate surface area is 210 Å². The first-order valence-corrected chi connectivity index (χ1v) is 12.2. The molecule has 0 spiro atoms. The molecule has 1 aliphatic rings. The third-order valence-electron chi connectivity index (χ3n) is 5.54. The minimum absolute atomic E-state index is 0.0322. The van der Waals surface area contributed by atoms with E-state index in [2.05, 4.69) is 59.7 Å². The molecule has 1 aliphatic heterocycles. The molecule has 10 heteroatoms. The van der Waals surface area contributed by atoms with Crippen LogP contribution in [0.1, 0.15) is 20.3 Å². The van der Waals surface area contributed by atoms with Gasteiger partial charge in [0, 0.05) is 50.7 Å². The van der Waals surface area contributed by atoms with E-state index < -0.39 is 5.82 Å². The molecule has 0 unspecified atom stereocenters. The van der Waals surface area contributed by atoms with Crippen LogP contribution in [0.3, 0.4) is 0 Å². The van der Waals surface area contributed by atoms with Crippen LogP contribution >= 0.6 is 11.6 Å². The second-order valence-corrected chi connectivity index (χ2v) is 8.95. The number of rotatable bonds is 10. The highest BCUT2D eigenvalue weighted by atomic mass is 35.5. The Morgan fingerprint density at radius 3 is 2.40 bits per heavy atom. The number of piperazine rings is 1. The number of ether oxygens (including phenoxy) is 1. The SMILES string of the molecule is CC(C)OCCCNc1nc(Nc2ccc(F)c(Cl)c2)nc(N2CCN(c3ccccc3)CC2)n1. The summed E-state index contributed by atoms with van der Waals surface area (Å²) in [5, 5.41) is 6.43. The Morgan fingerprint density at radius 2 is 1.69 bits per heavy atom. The van der Waals surface area contributed by atoms with Gasteiger partial charge in [-0.15, -0.1) is 0 Å². The fraction of sp³-hybridized carbons (Fsp3) is 0.400. The fourth-order valence-electron chi connectivity index (χ4n) is 3.74. The molecule has 1 aromatic heterocycles. The molecule has 2 aromatic carbocycles. The zero-order chi connectivity index (χ0) is 24.6. The largest absolute Gasteiger partial charge is 0.379 e. The average molecular weight is 500 g/mol. The number of nitrogens with one attached hydrogen (secondary N) is 2. The van der Waals surface area contributed by atoms with Gasteiger partial charge in [0.15, 0.2) is 0 Å². The summed E-state index contributed by atoms with van der Waals surface area (Å²) in [5.41, 5.74) is 1.81. The lowest BCUT2D eigenvalue weighted by Gasteiger charge is -2.36. The van der Waals surface area contributed by atoms with Crippen molar-refractivity contribution in [3.8, 4) is 0 Å². The molecule has 2 heterocycles. The summed E-state index contributed by atoms with van der Waals surface area (Å²) in [4.78, 5) is 18.3. The van der Waals surface area contributed by atoms with Crippen LogP contribution in [0.2, 0.25) is 5.02 Å². The summed E-state index contributed by atoms with van der Waals surface area (Å²) in [5.74, 6) is 0.949. The van der Waals surface area contributed by atoms with Crippen molar-refractivity contribution < 1.29 is 9.13 Å². The molecular weight excluding hydrogens is 469 g/mol. The number of hydrogen-bond donors (Lipinski definition) is 2. The van der Waals surface area contributed by atoms with Crippen LogP contribution in [0.15, 0.2) is 48.5 Å². The summed E-state index contributed by atoms with van der Waals surface area (Å²) < 4.78 is 19.2. The maximum atomic E-state index is 13.6. The second kappa shape index (κ2) is 12.0. The van der Waals surface area contributed by atoms with Crippen molar-refractivity contribution in [2.75, 3.05) is 59.8 Å². The molecule has 4 rings (SSSR count). The molecular formula is C25H31ClFN7O. The van der Waals surface area contributed by atoms with Crippen molar-refractivity contribution in [1.29, 1.82) is 0 Å². The standard InChI is InChI=1S/C25H31ClFN7O/c1-18(2)35-16-6-11-28-23-30-24(29-19-9-10-22(27)21(26)17-19)32-25(31-23)34-14-12-33(13-15-34)20-7-4-3-5-8-20/h3-5,7-10,17-18H,6,11-16H2,1-2H3,(H2,28,29,30,31,32). The van der Waals surface area contributed by atoms with Gasteiger partial charge in [-0.05, 0) is 50.6 Å². The third kappa shape index (κ3) is 7.16. The number of para-hydroxylation sites is 1. The lowest BCUT2D eigenvalue weighted by Crippen LogP contribution is -2.47. The maximum Gasteiger partial charge on any atom is 0.233 e. The van der Waals surface area contributed by atoms with Gasteiger partial charge in [-0.3, -0.25) is 0 Å². The lowest BCUT2D eigenvalue weighted by atomic mass is 10.2. The van der Waals surface area contributed by atoms with Crippen molar-refractivity contribution in [2.45, 2.75) is 26.4 Å². The van der Waals surface area contributed by atoms with Crippen molar-refractivity contribution in [3.05, 3.63) is 59.4 Å². The van der Waals surface area contributed by atoms with Crippen LogP contribution in [-0.4, -0.2) is 60.4 Å². The highest BCUT2D eigenvalue weighted by molar-refractivity contribution is 6.31. The van der Waals surface area contributed by atoms with E-state index in [1.807, 2.05) is 19.9 Å². The van der Waals surface area contributed by atoms with Crippen LogP contribution in [0.5, 0.6) is 0 Å². The average Bonchev–Trinajstić information content (AvgIpc) is 2.86. The van der Waals surface area contributed by atoms with Gasteiger partial charge < -0.3 is 25.2 Å². The van der Waals surface area contributed by atoms with E-state index in [4.69, 9.17) is 16.3 Å². The molecule has 186 valence electrons. The van der Waals surface area contributed by atoms with Gasteiger partial charge in [-0.2, -0.15) is 15.0 Å². The zero-order valence-electron chi connectivity index (χ0n) is 20.0. The molecule has 0 amide bonds. The van der Waals surface area contributed by atoms with Gasteiger partial charge in [-0.25, -0.2) is 4.39 Å². The van der Waals surface area contributed by atoms with Gasteiger partial charge in [0.05, 0.1) is 11.1 Å². The van der Waals surface area contributed by atoms with E-state index in [0.29, 0.717) is 36.7 Å². The predicted molar refractivity (Wildman–Crippen MR) is 140 cm³/mol. The molecule has 1 fully saturated rings. The number of aromatic nitrogens is 3. The van der Waals surface area contributed by atoms with E-state index in [1.54, 1.807) is 6.07 Å². The van der Waals surface area contributed by atoms with Crippen LogP contribution in [0.25, 0.3) is 0 Å². The second-order valence-electron chi connectivity index (χ2n) is 8.55. The van der Waals surface area contributed by atoms with Crippen molar-refractivity contribution in [2.24, 2.45) is 0 Å². The highest BCUT2D eigenvalue weighted by Crippen LogP contribution is 2.24. The Balaban J connectivity index is 1.47. The quantitative estimate of drug-likeness (QED) is 0.379. The van der Waals surface area contributed by atoms with E-state index >= 15 is 0 Å². The fourth-order valence-corrected chi connectivity index (χ4v) is 3.92. The van der Waals surface area contributed by atoms with Crippen LogP contribution in [-0.2, 0) is 4.74 Å². The molecule has 0 bridgehead atoms. The van der Waals surface area contributed by atoms with Crippen LogP contribution < -0.4 is 20.4 Å². The normalized spacial score (nSPS) is 13.9. The summed E-state index contributed by atoms with van der Waals surface area (Å²) in [6.45, 7) is 8.64. The Kier molecular flexibility index (Phi) is 8.54. The van der Waals surface area contributed by atoms with E-state index in [1.165, 1.54) is 17.8 Å². The minimum atomic E-state index is -0.476. The number of anilines is 5. The van der Waals surface area contributed by atoms with Crippen molar-refractivity contribution >= 4 is 40.8 Å². The first kappa shape index (κ1) is 24.9. The van der Waals surface area contributed by atoms with Gasteiger partial charge in [0.25, 0.3) is 0 Å². The number of benzene rings is 2. The first-order chi connectivity index (χ1) is 17.0. The van der Waals surface area contributed by atoms with Crippen molar-refractivity contribution in [1.82, 2.24) is 15.0 Å². The van der Waals surface area contributed by atoms with E-state index in [-0.39, 0.29) is 11.1 Å². The van der Waals surface area contributed by atoms with Gasteiger partial charge in [-0.1, -0.05) is 29.8 Å². The Bertz CT molecular complexity index is 1090. The molecule has 3 aromatic rings. The smallest absolute Gasteiger partial charge is 0.233 e. The molecule has 0 atom stereocenters. The first-order valence-electron chi connectivity index (χ1n) is 11.9. The van der Waals surface area contributed by atoms with E-state index in [0.717, 1.165) is 32.6 Å². The molecule has 2 N–H and O–H groups in total. The maximum absolute atomic E-state index is 13.6. The van der Waals surface area contributed by atoms with Crippen LogP contribution in [0, 0.1) is 5.82 Å². The molecule has 0 saturated carbocycles. The summed E-state index contributed by atoms with van der Waals surface area (Å²) in [6, 6.07) is 14.8. The highest BCUT2D eigenvalue weighted by Gasteiger charge is 2.21. The topological polar surface area (TPSA) is 78.4 Å². The Hall–Kier alpha value is -3.17. The molecule has 35 heavy (non-hydrogen) atoms. The number of hydrogen-bond acceptors (Lipinski definition) is 8. The van der Waals surface area contributed by atoms with Crippen LogP contribution in [0.4, 0.5) is 33.6 Å². The van der Waals surface area contributed by atoms with Gasteiger partial charge >= 0.3 is 0 Å². The molecule has 1 saturated heterocycles. The summed E-state index contributed by atoms with van der Waals surface area (Å²) in [7, 11) is 0. The molecule has 8 nitrogen and oxygen atoms in total. The third-order valence-corrected chi connectivity index (χ3v) is 5.83. The number of halogens is 2. The van der Waals surface area contributed by atoms with E-state index in [9.17, 15) is 4.39 Å². The van der Waals surface area contributed by atoms with Crippen molar-refractivity contribution in [3.63, 3.8) is 0 Å². The summed E-state index contributed by atoms with van der Waals surface area (Å²) in [6.07, 6.45) is 1.03. The summed E-state index contributed by atoms with van der Waals surface area (Å²) >= 11 is 5.94. The Morgan fingerprint density at radius 1 is 0.971 bits per heavy atom. The minimum Gasteiger partial charge on any atom is -0.379 e. The monoisotopic (exact) mass is 499 g/mol. The zero-order valence-corrected chi connectivity index (χ0v) is 20.8. The van der Waals surface area contributed by atoms with Gasteiger partial charge in [0.1, 0.15) is 5.82 Å². The lowest BCUT2D eigenvalue weighted by molar-refractivity contribution is 0.0787.